The molecule has 2 unspecified atom stereocenters. The number of nitrogens with zero attached hydrogens (tertiary/aromatic N) is 2. The average molecular weight is 464 g/mol. The molecule has 5 atom stereocenters. The van der Waals surface area contributed by atoms with Crippen molar-refractivity contribution < 1.29 is 20.1 Å². The van der Waals surface area contributed by atoms with E-state index in [1.54, 1.807) is 23.9 Å². The minimum absolute atomic E-state index is 0.0583. The van der Waals surface area contributed by atoms with Crippen LogP contribution in [0.4, 0.5) is 0 Å². The third-order valence-corrected chi connectivity index (χ3v) is 6.20. The molecule has 1 fully saturated rings. The summed E-state index contributed by atoms with van der Waals surface area (Å²) in [5, 5.41) is 28.7. The summed E-state index contributed by atoms with van der Waals surface area (Å²) >= 11 is 0. The molecular formula is C27H33N3O4. The Bertz CT molecular complexity index is 1080. The Hall–Kier alpha value is -2.81. The lowest BCUT2D eigenvalue weighted by atomic mass is 10.0. The first kappa shape index (κ1) is 24.3. The average Bonchev–Trinajstić information content (AvgIpc) is 3.48. The molecule has 1 saturated carbocycles. The van der Waals surface area contributed by atoms with Crippen LogP contribution in [0, 0.1) is 0 Å². The third kappa shape index (κ3) is 5.81. The lowest BCUT2D eigenvalue weighted by Crippen LogP contribution is -2.30. The van der Waals surface area contributed by atoms with Gasteiger partial charge in [0.2, 0.25) is 0 Å². The molecular weight excluding hydrogens is 430 g/mol. The topological polar surface area (TPSA) is 114 Å². The van der Waals surface area contributed by atoms with Gasteiger partial charge in [-0.3, -0.25) is 0 Å². The van der Waals surface area contributed by atoms with E-state index < -0.39 is 6.10 Å². The molecule has 0 spiro atoms. The molecule has 1 aromatic heterocycles. The van der Waals surface area contributed by atoms with Crippen LogP contribution in [-0.4, -0.2) is 56.8 Å². The van der Waals surface area contributed by atoms with Gasteiger partial charge in [-0.05, 0) is 35.6 Å². The summed E-state index contributed by atoms with van der Waals surface area (Å²) in [6.07, 6.45) is 7.75. The number of hydrogen-bond donors (Lipinski definition) is 4. The first-order valence-electron chi connectivity index (χ1n) is 11.7. The number of nitrogens with two attached hydrogens (primary N) is 1. The molecule has 180 valence electrons. The second-order valence-corrected chi connectivity index (χ2v) is 8.88. The normalized spacial score (nSPS) is 20.4. The maximum Gasteiger partial charge on any atom is 0.137 e. The van der Waals surface area contributed by atoms with E-state index in [-0.39, 0.29) is 31.4 Å². The minimum Gasteiger partial charge on any atom is -0.395 e. The summed E-state index contributed by atoms with van der Waals surface area (Å²) in [6, 6.07) is 16.2. The second kappa shape index (κ2) is 11.1. The summed E-state index contributed by atoms with van der Waals surface area (Å²) in [4.78, 5) is 4.18. The summed E-state index contributed by atoms with van der Waals surface area (Å²) in [5.74, 6) is 0.928. The molecule has 0 radical (unpaired) electrons. The fourth-order valence-corrected chi connectivity index (χ4v) is 4.11. The molecule has 1 aliphatic rings. The van der Waals surface area contributed by atoms with Crippen molar-refractivity contribution in [1.82, 2.24) is 9.55 Å². The van der Waals surface area contributed by atoms with Crippen LogP contribution in [0.5, 0.6) is 0 Å². The molecule has 1 aliphatic carbocycles. The zero-order valence-corrected chi connectivity index (χ0v) is 19.4. The van der Waals surface area contributed by atoms with Crippen LogP contribution in [-0.2, 0) is 4.74 Å². The SMILES string of the molecule is C[C@H](O)c1nccn1[C@@H](/C=C/c1ccc(-c2ccc(C3C[C@H]3OCC(N)CO)cc2)cc1)CO. The summed E-state index contributed by atoms with van der Waals surface area (Å²) in [7, 11) is 0. The molecule has 2 aromatic carbocycles. The Kier molecular flexibility index (Phi) is 7.92. The minimum atomic E-state index is -0.703. The Morgan fingerprint density at radius 3 is 2.38 bits per heavy atom. The summed E-state index contributed by atoms with van der Waals surface area (Å²) in [5.41, 5.74) is 10.3. The van der Waals surface area contributed by atoms with Crippen LogP contribution in [0.1, 0.15) is 48.4 Å². The molecule has 4 rings (SSSR count). The largest absolute Gasteiger partial charge is 0.395 e. The summed E-state index contributed by atoms with van der Waals surface area (Å²) in [6.45, 7) is 1.91. The van der Waals surface area contributed by atoms with E-state index in [1.807, 2.05) is 24.3 Å². The van der Waals surface area contributed by atoms with Crippen molar-refractivity contribution in [3.63, 3.8) is 0 Å². The molecule has 0 amide bonds. The standard InChI is InChI=1S/C27H33N3O4/c1-18(33)27-29-12-13-30(27)24(16-32)11-4-19-2-5-20(6-3-19)21-7-9-22(10-8-21)25-14-26(25)34-17-23(28)15-31/h2-13,18,23-26,31-33H,14-17,28H2,1H3/b11-4+/t18-,23?,24-,25?,26+/m0/s1. The molecule has 34 heavy (non-hydrogen) atoms. The van der Waals surface area contributed by atoms with Gasteiger partial charge in [-0.25, -0.2) is 4.98 Å². The summed E-state index contributed by atoms with van der Waals surface area (Å²) < 4.78 is 7.55. The Labute approximate surface area is 200 Å². The number of rotatable bonds is 11. The van der Waals surface area contributed by atoms with Crippen LogP contribution in [0.2, 0.25) is 0 Å². The molecule has 1 heterocycles. The van der Waals surface area contributed by atoms with Crippen molar-refractivity contribution in [3.8, 4) is 11.1 Å². The van der Waals surface area contributed by atoms with Gasteiger partial charge in [0.25, 0.3) is 0 Å². The van der Waals surface area contributed by atoms with E-state index in [0.717, 1.165) is 23.1 Å². The van der Waals surface area contributed by atoms with Crippen molar-refractivity contribution >= 4 is 6.08 Å². The molecule has 0 saturated heterocycles. The van der Waals surface area contributed by atoms with Gasteiger partial charge in [-0.1, -0.05) is 60.7 Å². The van der Waals surface area contributed by atoms with Crippen molar-refractivity contribution in [1.29, 1.82) is 0 Å². The first-order valence-corrected chi connectivity index (χ1v) is 11.7. The Morgan fingerprint density at radius 1 is 1.09 bits per heavy atom. The lowest BCUT2D eigenvalue weighted by molar-refractivity contribution is 0.0860. The van der Waals surface area contributed by atoms with E-state index in [2.05, 4.69) is 41.4 Å². The van der Waals surface area contributed by atoms with Gasteiger partial charge in [-0.15, -0.1) is 0 Å². The number of aliphatic hydroxyl groups excluding tert-OH is 3. The van der Waals surface area contributed by atoms with Gasteiger partial charge in [-0.2, -0.15) is 0 Å². The highest BCUT2D eigenvalue weighted by Crippen LogP contribution is 2.43. The lowest BCUT2D eigenvalue weighted by Gasteiger charge is -2.16. The third-order valence-electron chi connectivity index (χ3n) is 6.20. The van der Waals surface area contributed by atoms with Crippen LogP contribution in [0.15, 0.2) is 67.0 Å². The molecule has 7 nitrogen and oxygen atoms in total. The predicted molar refractivity (Wildman–Crippen MR) is 132 cm³/mol. The molecule has 0 bridgehead atoms. The number of benzene rings is 2. The van der Waals surface area contributed by atoms with E-state index >= 15 is 0 Å². The van der Waals surface area contributed by atoms with Crippen molar-refractivity contribution in [2.24, 2.45) is 5.73 Å². The number of imidazole rings is 1. The molecule has 5 N–H and O–H groups in total. The number of aliphatic hydroxyl groups is 3. The van der Waals surface area contributed by atoms with Crippen molar-refractivity contribution in [2.45, 2.75) is 43.6 Å². The fourth-order valence-electron chi connectivity index (χ4n) is 4.11. The first-order chi connectivity index (χ1) is 16.5. The highest BCUT2D eigenvalue weighted by Gasteiger charge is 2.39. The van der Waals surface area contributed by atoms with E-state index in [9.17, 15) is 10.2 Å². The maximum absolute atomic E-state index is 9.87. The molecule has 0 aliphatic heterocycles. The van der Waals surface area contributed by atoms with Gasteiger partial charge in [0.15, 0.2) is 0 Å². The van der Waals surface area contributed by atoms with Crippen molar-refractivity contribution in [3.05, 3.63) is 84.0 Å². The van der Waals surface area contributed by atoms with Gasteiger partial charge in [0.1, 0.15) is 11.9 Å². The van der Waals surface area contributed by atoms with Gasteiger partial charge in [0.05, 0.1) is 38.0 Å². The Morgan fingerprint density at radius 2 is 1.76 bits per heavy atom. The van der Waals surface area contributed by atoms with Crippen LogP contribution in [0.3, 0.4) is 0 Å². The Balaban J connectivity index is 1.36. The highest BCUT2D eigenvalue weighted by atomic mass is 16.5. The zero-order chi connectivity index (χ0) is 24.1. The number of hydrogen-bond acceptors (Lipinski definition) is 6. The van der Waals surface area contributed by atoms with Crippen LogP contribution < -0.4 is 5.73 Å². The van der Waals surface area contributed by atoms with Gasteiger partial charge in [0, 0.05) is 18.3 Å². The monoisotopic (exact) mass is 463 g/mol. The maximum atomic E-state index is 9.87. The van der Waals surface area contributed by atoms with E-state index in [4.69, 9.17) is 15.6 Å². The van der Waals surface area contributed by atoms with Crippen LogP contribution in [0.25, 0.3) is 17.2 Å². The smallest absolute Gasteiger partial charge is 0.137 e. The predicted octanol–water partition coefficient (Wildman–Crippen LogP) is 3.04. The number of ether oxygens (including phenoxy) is 1. The quantitative estimate of drug-likeness (QED) is 0.348. The second-order valence-electron chi connectivity index (χ2n) is 8.88. The van der Waals surface area contributed by atoms with E-state index in [0.29, 0.717) is 18.3 Å². The van der Waals surface area contributed by atoms with Crippen LogP contribution >= 0.6 is 0 Å². The molecule has 7 heteroatoms. The zero-order valence-electron chi connectivity index (χ0n) is 19.4. The van der Waals surface area contributed by atoms with Gasteiger partial charge >= 0.3 is 0 Å². The fraction of sp³-hybridized carbons (Fsp3) is 0.370. The highest BCUT2D eigenvalue weighted by molar-refractivity contribution is 5.66. The molecule has 3 aromatic rings. The number of aromatic nitrogens is 2. The van der Waals surface area contributed by atoms with Gasteiger partial charge < -0.3 is 30.4 Å². The van der Waals surface area contributed by atoms with Crippen molar-refractivity contribution in [2.75, 3.05) is 19.8 Å². The van der Waals surface area contributed by atoms with E-state index in [1.165, 1.54) is 5.56 Å².